The number of hydrogen-bond donors (Lipinski definition) is 0. The van der Waals surface area contributed by atoms with Crippen LogP contribution in [0.5, 0.6) is 0 Å². The fraction of sp³-hybridized carbons (Fsp3) is 0.333. The third kappa shape index (κ3) is 3.12. The van der Waals surface area contributed by atoms with E-state index in [1.807, 2.05) is 0 Å². The van der Waals surface area contributed by atoms with Gasteiger partial charge in [0.2, 0.25) is 0 Å². The fourth-order valence-corrected chi connectivity index (χ4v) is 3.15. The molecule has 2 aromatic rings. The Kier molecular flexibility index (Phi) is 3.71. The van der Waals surface area contributed by atoms with Crippen molar-refractivity contribution >= 4 is 35.0 Å². The molecule has 0 aliphatic heterocycles. The number of halogens is 4. The highest BCUT2D eigenvalue weighted by atomic mass is 35.5. The topological polar surface area (TPSA) is 42.4 Å². The number of aromatic nitrogens is 1. The molecule has 1 aromatic carbocycles. The Balaban J connectivity index is 2.27. The molecule has 1 aliphatic carbocycles. The Hall–Kier alpha value is -1.92. The molecule has 1 amide bonds. The summed E-state index contributed by atoms with van der Waals surface area (Å²) in [6.45, 7) is 1.64. The van der Waals surface area contributed by atoms with Gasteiger partial charge in [-0.25, -0.2) is 13.6 Å². The minimum absolute atomic E-state index is 0.0308. The number of rotatable bonds is 1. The molecular weight excluding hydrogens is 385 g/mol. The first-order valence-electron chi connectivity index (χ1n) is 9.09. The maximum atomic E-state index is 14.7. The van der Waals surface area contributed by atoms with Crippen molar-refractivity contribution in [1.29, 1.82) is 0 Å². The van der Waals surface area contributed by atoms with Crippen molar-refractivity contribution in [2.24, 2.45) is 0 Å². The van der Waals surface area contributed by atoms with Crippen molar-refractivity contribution in [3.8, 4) is 11.1 Å². The molecule has 0 atom stereocenters. The summed E-state index contributed by atoms with van der Waals surface area (Å²) in [6, 6.07) is 0.659. The van der Waals surface area contributed by atoms with Gasteiger partial charge in [0.1, 0.15) is 5.60 Å². The molecule has 1 aliphatic rings. The zero-order valence-corrected chi connectivity index (χ0v) is 15.6. The number of fused-ring (bicyclic) bond motifs is 3. The van der Waals surface area contributed by atoms with E-state index in [-0.39, 0.29) is 44.5 Å². The van der Waals surface area contributed by atoms with E-state index < -0.39 is 30.3 Å². The van der Waals surface area contributed by atoms with Crippen molar-refractivity contribution in [3.05, 3.63) is 45.2 Å². The molecule has 0 saturated heterocycles. The van der Waals surface area contributed by atoms with E-state index in [0.717, 1.165) is 0 Å². The van der Waals surface area contributed by atoms with Crippen molar-refractivity contribution in [1.82, 2.24) is 4.98 Å². The predicted molar refractivity (Wildman–Crippen MR) is 97.1 cm³/mol. The van der Waals surface area contributed by atoms with Gasteiger partial charge in [-0.2, -0.15) is 0 Å². The van der Waals surface area contributed by atoms with Crippen molar-refractivity contribution < 1.29 is 22.4 Å². The molecule has 0 spiro atoms. The SMILES string of the molecule is [2H]C([2H])([2H])N(C(=O)OC(C)(C)C)c1cc(F)c(F)c2c1Cc1ncc(Cl)c(Cl)c1-2. The number of nitrogens with zero attached hydrogens (tertiary/aromatic N) is 2. The van der Waals surface area contributed by atoms with Crippen LogP contribution in [0.2, 0.25) is 10.0 Å². The zero-order chi connectivity index (χ0) is 21.9. The number of pyridine rings is 1. The lowest BCUT2D eigenvalue weighted by Crippen LogP contribution is -2.34. The van der Waals surface area contributed by atoms with Gasteiger partial charge in [0.25, 0.3) is 0 Å². The first kappa shape index (κ1) is 15.2. The van der Waals surface area contributed by atoms with E-state index in [0.29, 0.717) is 11.0 Å². The summed E-state index contributed by atoms with van der Waals surface area (Å²) >= 11 is 12.1. The van der Waals surface area contributed by atoms with Gasteiger partial charge in [0.15, 0.2) is 11.6 Å². The van der Waals surface area contributed by atoms with Crippen LogP contribution in [0.25, 0.3) is 11.1 Å². The van der Waals surface area contributed by atoms with E-state index in [9.17, 15) is 13.6 Å². The minimum atomic E-state index is -3.02. The number of anilines is 1. The predicted octanol–water partition coefficient (Wildman–Crippen LogP) is 5.61. The summed E-state index contributed by atoms with van der Waals surface area (Å²) < 4.78 is 57.7. The second-order valence-electron chi connectivity index (χ2n) is 6.78. The van der Waals surface area contributed by atoms with Crippen LogP contribution >= 0.6 is 23.2 Å². The summed E-state index contributed by atoms with van der Waals surface area (Å²) in [7, 11) is 0. The lowest BCUT2D eigenvalue weighted by Gasteiger charge is -2.26. The number of benzene rings is 1. The van der Waals surface area contributed by atoms with Crippen molar-refractivity contribution in [3.63, 3.8) is 0 Å². The molecule has 0 fully saturated rings. The Morgan fingerprint density at radius 2 is 2.04 bits per heavy atom. The zero-order valence-electron chi connectivity index (χ0n) is 17.1. The Bertz CT molecular complexity index is 1020. The van der Waals surface area contributed by atoms with Gasteiger partial charge >= 0.3 is 6.09 Å². The van der Waals surface area contributed by atoms with E-state index in [4.69, 9.17) is 32.1 Å². The molecule has 8 heteroatoms. The minimum Gasteiger partial charge on any atom is -0.443 e. The summed E-state index contributed by atoms with van der Waals surface area (Å²) in [5, 5.41) is -0.00753. The quantitative estimate of drug-likeness (QED) is 0.530. The molecule has 0 N–H and O–H groups in total. The van der Waals surface area contributed by atoms with Crippen LogP contribution in [0.4, 0.5) is 19.3 Å². The number of ether oxygens (including phenoxy) is 1. The lowest BCUT2D eigenvalue weighted by molar-refractivity contribution is 0.0589. The number of hydrogen-bond acceptors (Lipinski definition) is 3. The van der Waals surface area contributed by atoms with Crippen LogP contribution in [0, 0.1) is 11.6 Å². The first-order valence-corrected chi connectivity index (χ1v) is 8.35. The second kappa shape index (κ2) is 6.35. The maximum absolute atomic E-state index is 14.7. The van der Waals surface area contributed by atoms with Gasteiger partial charge in [-0.3, -0.25) is 9.88 Å². The van der Waals surface area contributed by atoms with Crippen LogP contribution in [-0.2, 0) is 11.2 Å². The largest absolute Gasteiger partial charge is 0.443 e. The number of carbonyl (C=O) groups is 1. The third-order valence-electron chi connectivity index (χ3n) is 3.77. The molecule has 0 bridgehead atoms. The van der Waals surface area contributed by atoms with Gasteiger partial charge in [-0.15, -0.1) is 0 Å². The fourth-order valence-electron chi connectivity index (χ4n) is 2.75. The van der Waals surface area contributed by atoms with Crippen LogP contribution < -0.4 is 4.90 Å². The number of carbonyl (C=O) groups excluding carboxylic acids is 1. The van der Waals surface area contributed by atoms with Crippen LogP contribution in [-0.4, -0.2) is 23.7 Å². The molecule has 0 radical (unpaired) electrons. The van der Waals surface area contributed by atoms with Gasteiger partial charge in [0.05, 0.1) is 21.4 Å². The Morgan fingerprint density at radius 1 is 1.35 bits per heavy atom. The molecule has 138 valence electrons. The van der Waals surface area contributed by atoms with Gasteiger partial charge in [0, 0.05) is 40.9 Å². The highest BCUT2D eigenvalue weighted by Crippen LogP contribution is 2.47. The molecule has 1 aromatic heterocycles. The molecule has 26 heavy (non-hydrogen) atoms. The van der Waals surface area contributed by atoms with Crippen molar-refractivity contribution in [2.75, 3.05) is 11.9 Å². The van der Waals surface area contributed by atoms with E-state index in [1.54, 1.807) is 20.8 Å². The Morgan fingerprint density at radius 3 is 2.65 bits per heavy atom. The van der Waals surface area contributed by atoms with Gasteiger partial charge in [-0.1, -0.05) is 23.2 Å². The monoisotopic (exact) mass is 403 g/mol. The second-order valence-corrected chi connectivity index (χ2v) is 7.56. The molecule has 4 nitrogen and oxygen atoms in total. The summed E-state index contributed by atoms with van der Waals surface area (Å²) in [6.07, 6.45) is -0.0275. The maximum Gasteiger partial charge on any atom is 0.414 e. The average Bonchev–Trinajstić information content (AvgIpc) is 2.93. The summed E-state index contributed by atoms with van der Waals surface area (Å²) in [4.78, 5) is 17.1. The summed E-state index contributed by atoms with van der Waals surface area (Å²) in [5.74, 6) is -2.58. The van der Waals surface area contributed by atoms with Gasteiger partial charge in [-0.05, 0) is 26.3 Å². The highest BCUT2D eigenvalue weighted by Gasteiger charge is 2.33. The van der Waals surface area contributed by atoms with E-state index in [1.165, 1.54) is 6.20 Å². The van der Waals surface area contributed by atoms with E-state index >= 15 is 0 Å². The lowest BCUT2D eigenvalue weighted by atomic mass is 10.0. The molecule has 3 rings (SSSR count). The summed E-state index contributed by atoms with van der Waals surface area (Å²) in [5.41, 5.74) is -1.22. The molecule has 0 saturated carbocycles. The van der Waals surface area contributed by atoms with Crippen LogP contribution in [0.3, 0.4) is 0 Å². The normalized spacial score (nSPS) is 14.8. The molecule has 0 unspecified atom stereocenters. The third-order valence-corrected chi connectivity index (χ3v) is 4.54. The van der Waals surface area contributed by atoms with Crippen LogP contribution in [0.15, 0.2) is 12.3 Å². The molecular formula is C18H16Cl2F2N2O2. The standard InChI is InChI=1S/C18H16Cl2F2N2O2/c1-18(2,3)26-17(25)24(4)12-6-10(21)16(22)13-8(12)5-11-14(13)15(20)9(19)7-23-11/h6-7H,5H2,1-4H3/i4D3. The van der Waals surface area contributed by atoms with E-state index in [2.05, 4.69) is 4.98 Å². The number of amides is 1. The van der Waals surface area contributed by atoms with Crippen molar-refractivity contribution in [2.45, 2.75) is 32.8 Å². The smallest absolute Gasteiger partial charge is 0.414 e. The first-order chi connectivity index (χ1) is 13.2. The van der Waals surface area contributed by atoms with Crippen LogP contribution in [0.1, 0.15) is 36.1 Å². The van der Waals surface area contributed by atoms with Gasteiger partial charge < -0.3 is 4.74 Å². The highest BCUT2D eigenvalue weighted by molar-refractivity contribution is 6.43. The Labute approximate surface area is 163 Å². The molecule has 1 heterocycles. The average molecular weight is 404 g/mol.